The predicted octanol–water partition coefficient (Wildman–Crippen LogP) is 1.55. The number of rotatable bonds is 8. The SMILES string of the molecule is COC(=O)CNC(=O)COC(=O)c1ccc(C)c(S(=O)(=O)Nc2cccc(C)c2)c1. The number of methoxy groups -OCH3 is 1. The maximum absolute atomic E-state index is 12.8. The fourth-order valence-electron chi connectivity index (χ4n) is 2.44. The molecule has 0 aliphatic rings. The van der Waals surface area contributed by atoms with Gasteiger partial charge in [-0.05, 0) is 49.2 Å². The first-order valence-electron chi connectivity index (χ1n) is 8.83. The third kappa shape index (κ3) is 6.31. The smallest absolute Gasteiger partial charge is 0.338 e. The summed E-state index contributed by atoms with van der Waals surface area (Å²) in [6.45, 7) is 2.44. The van der Waals surface area contributed by atoms with Crippen molar-refractivity contribution in [2.24, 2.45) is 0 Å². The second kappa shape index (κ2) is 9.88. The van der Waals surface area contributed by atoms with Crippen molar-refractivity contribution in [2.75, 3.05) is 25.0 Å². The molecule has 160 valence electrons. The van der Waals surface area contributed by atoms with Crippen molar-refractivity contribution < 1.29 is 32.3 Å². The monoisotopic (exact) mass is 434 g/mol. The number of anilines is 1. The minimum atomic E-state index is -3.96. The lowest BCUT2D eigenvalue weighted by Gasteiger charge is -2.12. The van der Waals surface area contributed by atoms with Crippen LogP contribution in [0.2, 0.25) is 0 Å². The fourth-order valence-corrected chi connectivity index (χ4v) is 3.76. The molecule has 0 aliphatic heterocycles. The lowest BCUT2D eigenvalue weighted by Crippen LogP contribution is -2.33. The number of hydrogen-bond donors (Lipinski definition) is 2. The molecule has 2 aromatic carbocycles. The van der Waals surface area contributed by atoms with Crippen molar-refractivity contribution in [3.63, 3.8) is 0 Å². The summed E-state index contributed by atoms with van der Waals surface area (Å²) < 4.78 is 37.3. The first kappa shape index (κ1) is 22.9. The second-order valence-corrected chi connectivity index (χ2v) is 8.04. The molecule has 0 saturated carbocycles. The predicted molar refractivity (Wildman–Crippen MR) is 108 cm³/mol. The lowest BCUT2D eigenvalue weighted by atomic mass is 10.1. The first-order chi connectivity index (χ1) is 14.1. The zero-order valence-electron chi connectivity index (χ0n) is 16.7. The van der Waals surface area contributed by atoms with Gasteiger partial charge in [0, 0.05) is 5.69 Å². The quantitative estimate of drug-likeness (QED) is 0.603. The zero-order chi connectivity index (χ0) is 22.3. The molecule has 1 amide bonds. The van der Waals surface area contributed by atoms with Gasteiger partial charge in [0.1, 0.15) is 6.54 Å². The molecule has 9 nitrogen and oxygen atoms in total. The number of hydrogen-bond acceptors (Lipinski definition) is 7. The van der Waals surface area contributed by atoms with Crippen LogP contribution in [0.1, 0.15) is 21.5 Å². The Bertz CT molecular complexity index is 1060. The Morgan fingerprint density at radius 1 is 1.03 bits per heavy atom. The molecule has 0 saturated heterocycles. The molecule has 0 fully saturated rings. The number of benzene rings is 2. The Labute approximate surface area is 174 Å². The number of amides is 1. The van der Waals surface area contributed by atoms with E-state index in [1.165, 1.54) is 25.3 Å². The Hall–Kier alpha value is -3.40. The molecular formula is C20H22N2O7S. The largest absolute Gasteiger partial charge is 0.468 e. The van der Waals surface area contributed by atoms with E-state index < -0.39 is 34.5 Å². The third-order valence-corrected chi connectivity index (χ3v) is 5.50. The lowest BCUT2D eigenvalue weighted by molar-refractivity contribution is -0.141. The first-order valence-corrected chi connectivity index (χ1v) is 10.3. The van der Waals surface area contributed by atoms with Crippen molar-refractivity contribution in [2.45, 2.75) is 18.7 Å². The van der Waals surface area contributed by atoms with Crippen LogP contribution in [0.4, 0.5) is 5.69 Å². The van der Waals surface area contributed by atoms with Crippen LogP contribution in [0.25, 0.3) is 0 Å². The number of carbonyl (C=O) groups is 3. The van der Waals surface area contributed by atoms with Crippen molar-refractivity contribution in [1.82, 2.24) is 5.32 Å². The van der Waals surface area contributed by atoms with Crippen LogP contribution in [0, 0.1) is 13.8 Å². The van der Waals surface area contributed by atoms with Crippen LogP contribution in [0.5, 0.6) is 0 Å². The maximum atomic E-state index is 12.8. The highest BCUT2D eigenvalue weighted by atomic mass is 32.2. The highest BCUT2D eigenvalue weighted by Crippen LogP contribution is 2.21. The topological polar surface area (TPSA) is 128 Å². The van der Waals surface area contributed by atoms with E-state index in [0.29, 0.717) is 11.3 Å². The summed E-state index contributed by atoms with van der Waals surface area (Å²) in [5.74, 6) is -2.23. The summed E-state index contributed by atoms with van der Waals surface area (Å²) in [5, 5.41) is 2.22. The van der Waals surface area contributed by atoms with Gasteiger partial charge in [-0.2, -0.15) is 0 Å². The molecule has 0 radical (unpaired) electrons. The molecule has 10 heteroatoms. The number of esters is 2. The van der Waals surface area contributed by atoms with Crippen LogP contribution in [0.3, 0.4) is 0 Å². The summed E-state index contributed by atoms with van der Waals surface area (Å²) >= 11 is 0. The Morgan fingerprint density at radius 2 is 1.77 bits per heavy atom. The molecule has 0 bridgehead atoms. The molecule has 30 heavy (non-hydrogen) atoms. The van der Waals surface area contributed by atoms with Crippen molar-refractivity contribution in [3.8, 4) is 0 Å². The molecule has 0 atom stereocenters. The van der Waals surface area contributed by atoms with Gasteiger partial charge in [0.05, 0.1) is 17.6 Å². The maximum Gasteiger partial charge on any atom is 0.338 e. The van der Waals surface area contributed by atoms with E-state index in [1.807, 2.05) is 13.0 Å². The highest BCUT2D eigenvalue weighted by molar-refractivity contribution is 7.92. The van der Waals surface area contributed by atoms with Crippen LogP contribution < -0.4 is 10.0 Å². The fraction of sp³-hybridized carbons (Fsp3) is 0.250. The molecule has 0 spiro atoms. The normalized spacial score (nSPS) is 10.8. The summed E-state index contributed by atoms with van der Waals surface area (Å²) in [7, 11) is -2.79. The molecule has 2 aromatic rings. The van der Waals surface area contributed by atoms with Gasteiger partial charge in [-0.15, -0.1) is 0 Å². The average Bonchev–Trinajstić information content (AvgIpc) is 2.70. The van der Waals surface area contributed by atoms with Gasteiger partial charge in [-0.1, -0.05) is 18.2 Å². The van der Waals surface area contributed by atoms with Crippen LogP contribution in [0.15, 0.2) is 47.4 Å². The number of nitrogens with one attached hydrogen (secondary N) is 2. The molecule has 0 unspecified atom stereocenters. The molecule has 2 N–H and O–H groups in total. The molecule has 0 aromatic heterocycles. The van der Waals surface area contributed by atoms with Crippen molar-refractivity contribution in [1.29, 1.82) is 0 Å². The summed E-state index contributed by atoms with van der Waals surface area (Å²) in [4.78, 5) is 34.7. The molecular weight excluding hydrogens is 412 g/mol. The summed E-state index contributed by atoms with van der Waals surface area (Å²) in [5.41, 5.74) is 1.67. The van der Waals surface area contributed by atoms with Gasteiger partial charge in [0.2, 0.25) is 0 Å². The minimum absolute atomic E-state index is 0.0361. The third-order valence-electron chi connectivity index (χ3n) is 3.98. The molecule has 0 heterocycles. The van der Waals surface area contributed by atoms with E-state index in [4.69, 9.17) is 4.74 Å². The number of ether oxygens (including phenoxy) is 2. The van der Waals surface area contributed by atoms with Gasteiger partial charge in [0.15, 0.2) is 6.61 Å². The van der Waals surface area contributed by atoms with Gasteiger partial charge in [0.25, 0.3) is 15.9 Å². The second-order valence-electron chi connectivity index (χ2n) is 6.38. The number of aryl methyl sites for hydroxylation is 2. The standard InChI is InChI=1S/C20H22N2O7S/c1-13-5-4-6-16(9-13)22-30(26,27)17-10-15(8-7-14(17)2)20(25)29-12-18(23)21-11-19(24)28-3/h4-10,22H,11-12H2,1-3H3,(H,21,23). The minimum Gasteiger partial charge on any atom is -0.468 e. The van der Waals surface area contributed by atoms with E-state index in [2.05, 4.69) is 14.8 Å². The number of sulfonamides is 1. The van der Waals surface area contributed by atoms with Crippen LogP contribution in [-0.2, 0) is 29.1 Å². The van der Waals surface area contributed by atoms with E-state index in [1.54, 1.807) is 25.1 Å². The molecule has 2 rings (SSSR count). The average molecular weight is 434 g/mol. The number of carbonyl (C=O) groups excluding carboxylic acids is 3. The van der Waals surface area contributed by atoms with Crippen molar-refractivity contribution in [3.05, 3.63) is 59.2 Å². The van der Waals surface area contributed by atoms with E-state index in [0.717, 1.165) is 5.56 Å². The molecule has 0 aliphatic carbocycles. The van der Waals surface area contributed by atoms with Gasteiger partial charge in [-0.3, -0.25) is 14.3 Å². The summed E-state index contributed by atoms with van der Waals surface area (Å²) in [6, 6.07) is 10.9. The Morgan fingerprint density at radius 3 is 2.43 bits per heavy atom. The van der Waals surface area contributed by atoms with Gasteiger partial charge < -0.3 is 14.8 Å². The Balaban J connectivity index is 2.11. The van der Waals surface area contributed by atoms with Crippen LogP contribution in [-0.4, -0.2) is 46.5 Å². The van der Waals surface area contributed by atoms with Gasteiger partial charge >= 0.3 is 11.9 Å². The van der Waals surface area contributed by atoms with Crippen LogP contribution >= 0.6 is 0 Å². The van der Waals surface area contributed by atoms with E-state index in [9.17, 15) is 22.8 Å². The van der Waals surface area contributed by atoms with Gasteiger partial charge in [-0.25, -0.2) is 13.2 Å². The summed E-state index contributed by atoms with van der Waals surface area (Å²) in [6.07, 6.45) is 0. The zero-order valence-corrected chi connectivity index (χ0v) is 17.5. The highest BCUT2D eigenvalue weighted by Gasteiger charge is 2.20. The van der Waals surface area contributed by atoms with E-state index in [-0.39, 0.29) is 17.0 Å². The Kier molecular flexibility index (Phi) is 7.54. The van der Waals surface area contributed by atoms with Crippen molar-refractivity contribution >= 4 is 33.6 Å². The van der Waals surface area contributed by atoms with E-state index >= 15 is 0 Å².